The number of hydrogen-bond acceptors (Lipinski definition) is 4. The van der Waals surface area contributed by atoms with Crippen molar-refractivity contribution in [2.75, 3.05) is 13.7 Å². The molecule has 0 spiro atoms. The monoisotopic (exact) mass is 374 g/mol. The minimum Gasteiger partial charge on any atom is -0.497 e. The predicted octanol–water partition coefficient (Wildman–Crippen LogP) is 2.84. The SMILES string of the molecule is COc1cc(C)c2[nH]cc(/C=N/NC(N)=NCCc3ccc(C#N)cc3)c2c1. The van der Waals surface area contributed by atoms with Gasteiger partial charge in [-0.2, -0.15) is 10.4 Å². The van der Waals surface area contributed by atoms with Crippen LogP contribution in [0, 0.1) is 18.3 Å². The lowest BCUT2D eigenvalue weighted by molar-refractivity contribution is 0.415. The zero-order valence-corrected chi connectivity index (χ0v) is 15.9. The fourth-order valence-electron chi connectivity index (χ4n) is 2.88. The van der Waals surface area contributed by atoms with Crippen LogP contribution in [0.25, 0.3) is 10.9 Å². The third-order valence-electron chi connectivity index (χ3n) is 4.38. The summed E-state index contributed by atoms with van der Waals surface area (Å²) in [6.45, 7) is 2.56. The summed E-state index contributed by atoms with van der Waals surface area (Å²) in [6.07, 6.45) is 4.32. The smallest absolute Gasteiger partial charge is 0.209 e. The molecule has 1 aromatic heterocycles. The number of guanidine groups is 1. The van der Waals surface area contributed by atoms with E-state index in [0.29, 0.717) is 12.1 Å². The van der Waals surface area contributed by atoms with Crippen LogP contribution < -0.4 is 15.9 Å². The van der Waals surface area contributed by atoms with Crippen molar-refractivity contribution in [2.24, 2.45) is 15.8 Å². The van der Waals surface area contributed by atoms with Crippen molar-refractivity contribution in [3.8, 4) is 11.8 Å². The van der Waals surface area contributed by atoms with E-state index in [-0.39, 0.29) is 5.96 Å². The quantitative estimate of drug-likeness (QED) is 0.350. The second kappa shape index (κ2) is 8.73. The molecular weight excluding hydrogens is 352 g/mol. The maximum absolute atomic E-state index is 8.81. The van der Waals surface area contributed by atoms with Crippen LogP contribution in [0.5, 0.6) is 5.75 Å². The molecule has 0 bridgehead atoms. The number of nitrogens with zero attached hydrogens (tertiary/aromatic N) is 3. The van der Waals surface area contributed by atoms with Crippen molar-refractivity contribution in [1.82, 2.24) is 10.4 Å². The van der Waals surface area contributed by atoms with Gasteiger partial charge in [0.1, 0.15) is 5.75 Å². The molecule has 3 rings (SSSR count). The van der Waals surface area contributed by atoms with Crippen molar-refractivity contribution in [2.45, 2.75) is 13.3 Å². The summed E-state index contributed by atoms with van der Waals surface area (Å²) in [5.74, 6) is 1.05. The number of aliphatic imine (C=N–C) groups is 1. The van der Waals surface area contributed by atoms with Gasteiger partial charge in [-0.1, -0.05) is 12.1 Å². The molecule has 0 saturated carbocycles. The summed E-state index contributed by atoms with van der Waals surface area (Å²) in [5.41, 5.74) is 13.4. The molecule has 7 heteroatoms. The van der Waals surface area contributed by atoms with Crippen LogP contribution in [0.3, 0.4) is 0 Å². The molecule has 3 aromatic rings. The molecule has 0 fully saturated rings. The van der Waals surface area contributed by atoms with Crippen molar-refractivity contribution in [3.63, 3.8) is 0 Å². The number of nitrogens with two attached hydrogens (primary N) is 1. The van der Waals surface area contributed by atoms with E-state index >= 15 is 0 Å². The zero-order valence-electron chi connectivity index (χ0n) is 15.9. The van der Waals surface area contributed by atoms with Gasteiger partial charge in [0.05, 0.1) is 25.0 Å². The van der Waals surface area contributed by atoms with Gasteiger partial charge in [0.2, 0.25) is 5.96 Å². The van der Waals surface area contributed by atoms with Gasteiger partial charge in [-0.25, -0.2) is 5.43 Å². The zero-order chi connectivity index (χ0) is 19.9. The highest BCUT2D eigenvalue weighted by atomic mass is 16.5. The molecule has 0 saturated heterocycles. The summed E-state index contributed by atoms with van der Waals surface area (Å²) >= 11 is 0. The van der Waals surface area contributed by atoms with Gasteiger partial charge < -0.3 is 15.5 Å². The molecule has 0 amide bonds. The molecule has 0 aliphatic rings. The standard InChI is InChI=1S/C21H22N6O/c1-14-9-18(28-2)10-19-17(12-25-20(14)19)13-26-27-21(23)24-8-7-15-3-5-16(11-22)6-4-15/h3-6,9-10,12-13,25H,7-8H2,1-2H3,(H3,23,24,27)/b26-13+. The lowest BCUT2D eigenvalue weighted by Crippen LogP contribution is -2.27. The highest BCUT2D eigenvalue weighted by Crippen LogP contribution is 2.26. The minimum atomic E-state index is 0.249. The number of H-pyrrole nitrogens is 1. The molecule has 0 aliphatic heterocycles. The molecule has 0 aliphatic carbocycles. The van der Waals surface area contributed by atoms with Crippen LogP contribution in [-0.2, 0) is 6.42 Å². The number of aryl methyl sites for hydroxylation is 1. The van der Waals surface area contributed by atoms with E-state index in [2.05, 4.69) is 26.6 Å². The van der Waals surface area contributed by atoms with Gasteiger partial charge in [-0.05, 0) is 48.7 Å². The van der Waals surface area contributed by atoms with E-state index in [1.54, 1.807) is 25.5 Å². The number of aromatic amines is 1. The van der Waals surface area contributed by atoms with Crippen molar-refractivity contribution < 1.29 is 4.74 Å². The Bertz CT molecular complexity index is 1060. The molecular formula is C21H22N6O. The second-order valence-corrected chi connectivity index (χ2v) is 6.31. The molecule has 4 N–H and O–H groups in total. The van der Waals surface area contributed by atoms with E-state index < -0.39 is 0 Å². The van der Waals surface area contributed by atoms with E-state index in [4.69, 9.17) is 15.7 Å². The Labute approximate surface area is 163 Å². The van der Waals surface area contributed by atoms with Gasteiger partial charge in [0, 0.05) is 29.2 Å². The Kier molecular flexibility index (Phi) is 5.92. The van der Waals surface area contributed by atoms with Crippen LogP contribution in [0.15, 0.2) is 52.7 Å². The van der Waals surface area contributed by atoms with Crippen LogP contribution >= 0.6 is 0 Å². The average molecular weight is 374 g/mol. The van der Waals surface area contributed by atoms with Gasteiger partial charge in [-0.15, -0.1) is 0 Å². The summed E-state index contributed by atoms with van der Waals surface area (Å²) in [5, 5.41) is 14.0. The molecule has 142 valence electrons. The Morgan fingerprint density at radius 1 is 1.32 bits per heavy atom. The molecule has 1 heterocycles. The predicted molar refractivity (Wildman–Crippen MR) is 112 cm³/mol. The first-order chi connectivity index (χ1) is 13.6. The fraction of sp³-hybridized carbons (Fsp3) is 0.190. The first-order valence-electron chi connectivity index (χ1n) is 8.84. The first-order valence-corrected chi connectivity index (χ1v) is 8.84. The van der Waals surface area contributed by atoms with E-state index in [1.165, 1.54) is 0 Å². The molecule has 0 radical (unpaired) electrons. The largest absolute Gasteiger partial charge is 0.497 e. The van der Waals surface area contributed by atoms with Crippen LogP contribution in [-0.4, -0.2) is 30.8 Å². The van der Waals surface area contributed by atoms with Gasteiger partial charge in [0.15, 0.2) is 0 Å². The molecule has 0 atom stereocenters. The topological polar surface area (TPSA) is 112 Å². The Morgan fingerprint density at radius 3 is 2.82 bits per heavy atom. The number of fused-ring (bicyclic) bond motifs is 1. The van der Waals surface area contributed by atoms with E-state index in [1.807, 2.05) is 37.4 Å². The summed E-state index contributed by atoms with van der Waals surface area (Å²) in [6, 6.07) is 13.5. The lowest BCUT2D eigenvalue weighted by atomic mass is 10.1. The maximum Gasteiger partial charge on any atom is 0.209 e. The van der Waals surface area contributed by atoms with Crippen molar-refractivity contribution in [1.29, 1.82) is 5.26 Å². The Morgan fingerprint density at radius 2 is 2.11 bits per heavy atom. The highest BCUT2D eigenvalue weighted by molar-refractivity contribution is 6.01. The van der Waals surface area contributed by atoms with Gasteiger partial charge in [-0.3, -0.25) is 4.99 Å². The average Bonchev–Trinajstić information content (AvgIpc) is 3.12. The summed E-state index contributed by atoms with van der Waals surface area (Å²) < 4.78 is 5.33. The lowest BCUT2D eigenvalue weighted by Gasteiger charge is -2.03. The number of ether oxygens (including phenoxy) is 1. The number of nitrogens with one attached hydrogen (secondary N) is 2. The number of hydrazone groups is 1. The Balaban J connectivity index is 1.59. The second-order valence-electron chi connectivity index (χ2n) is 6.31. The molecule has 2 aromatic carbocycles. The molecule has 7 nitrogen and oxygen atoms in total. The van der Waals surface area contributed by atoms with E-state index in [0.717, 1.165) is 39.8 Å². The van der Waals surface area contributed by atoms with Crippen molar-refractivity contribution in [3.05, 3.63) is 64.8 Å². The molecule has 0 unspecified atom stereocenters. The number of hydrogen-bond donors (Lipinski definition) is 3. The summed E-state index contributed by atoms with van der Waals surface area (Å²) in [4.78, 5) is 7.51. The summed E-state index contributed by atoms with van der Waals surface area (Å²) in [7, 11) is 1.65. The van der Waals surface area contributed by atoms with Crippen LogP contribution in [0.4, 0.5) is 0 Å². The highest BCUT2D eigenvalue weighted by Gasteiger charge is 2.06. The Hall–Kier alpha value is -3.79. The number of rotatable bonds is 6. The fourth-order valence-corrected chi connectivity index (χ4v) is 2.88. The van der Waals surface area contributed by atoms with Gasteiger partial charge in [0.25, 0.3) is 0 Å². The third-order valence-corrected chi connectivity index (χ3v) is 4.38. The number of methoxy groups -OCH3 is 1. The first kappa shape index (κ1) is 19.0. The number of aromatic nitrogens is 1. The minimum absolute atomic E-state index is 0.249. The van der Waals surface area contributed by atoms with Gasteiger partial charge >= 0.3 is 0 Å². The molecule has 28 heavy (non-hydrogen) atoms. The normalized spacial score (nSPS) is 11.7. The van der Waals surface area contributed by atoms with Crippen LogP contribution in [0.1, 0.15) is 22.3 Å². The van der Waals surface area contributed by atoms with Crippen LogP contribution in [0.2, 0.25) is 0 Å². The van der Waals surface area contributed by atoms with Crippen molar-refractivity contribution >= 4 is 23.1 Å². The maximum atomic E-state index is 8.81. The third kappa shape index (κ3) is 4.48. The van der Waals surface area contributed by atoms with E-state index in [9.17, 15) is 0 Å². The number of benzene rings is 2. The number of nitriles is 1.